The van der Waals surface area contributed by atoms with Crippen LogP contribution < -0.4 is 10.3 Å². The van der Waals surface area contributed by atoms with E-state index >= 15 is 0 Å². The van der Waals surface area contributed by atoms with Crippen molar-refractivity contribution in [3.63, 3.8) is 0 Å². The monoisotopic (exact) mass is 459 g/mol. The van der Waals surface area contributed by atoms with Crippen molar-refractivity contribution in [2.24, 2.45) is 12.0 Å². The van der Waals surface area contributed by atoms with Gasteiger partial charge in [0.1, 0.15) is 5.82 Å². The van der Waals surface area contributed by atoms with Gasteiger partial charge in [0, 0.05) is 47.1 Å². The van der Waals surface area contributed by atoms with Gasteiger partial charge in [-0.2, -0.15) is 0 Å². The summed E-state index contributed by atoms with van der Waals surface area (Å²) in [5.41, 5.74) is 4.89. The number of aromatic nitrogens is 1. The smallest absolute Gasteiger partial charge is 0.250 e. The Morgan fingerprint density at radius 2 is 1.90 bits per heavy atom. The minimum Gasteiger partial charge on any atom is -0.318 e. The summed E-state index contributed by atoms with van der Waals surface area (Å²) in [6.45, 7) is 2.00. The maximum atomic E-state index is 13.5. The van der Waals surface area contributed by atoms with Crippen LogP contribution in [0.25, 0.3) is 11.1 Å². The SMILES string of the molecule is CC(NS(=O)O)c1cc2c(cc1Cl)C(c1ccc(F)cc1)=NCc1cc(=O)n(C)cc1-2. The van der Waals surface area contributed by atoms with Crippen molar-refractivity contribution < 1.29 is 13.2 Å². The molecule has 0 bridgehead atoms. The zero-order chi connectivity index (χ0) is 22.3. The van der Waals surface area contributed by atoms with Crippen LogP contribution in [0, 0.1) is 5.82 Å². The summed E-state index contributed by atoms with van der Waals surface area (Å²) in [7, 11) is 1.67. The fourth-order valence-corrected chi connectivity index (χ4v) is 4.46. The highest BCUT2D eigenvalue weighted by Gasteiger charge is 2.24. The molecule has 160 valence electrons. The first-order valence-electron chi connectivity index (χ1n) is 9.45. The van der Waals surface area contributed by atoms with Crippen molar-refractivity contribution >= 4 is 28.6 Å². The van der Waals surface area contributed by atoms with Gasteiger partial charge in [-0.25, -0.2) is 13.3 Å². The van der Waals surface area contributed by atoms with Crippen LogP contribution in [0.5, 0.6) is 0 Å². The molecule has 0 radical (unpaired) electrons. The van der Waals surface area contributed by atoms with Gasteiger partial charge in [0.25, 0.3) is 5.56 Å². The number of fused-ring (bicyclic) bond motifs is 3. The summed E-state index contributed by atoms with van der Waals surface area (Å²) in [5.74, 6) is -0.352. The number of benzene rings is 2. The van der Waals surface area contributed by atoms with Crippen LogP contribution in [0.2, 0.25) is 5.02 Å². The molecule has 2 aromatic carbocycles. The van der Waals surface area contributed by atoms with E-state index in [1.54, 1.807) is 44.4 Å². The molecule has 2 atom stereocenters. The molecule has 1 aromatic heterocycles. The topological polar surface area (TPSA) is 83.7 Å². The number of hydrogen-bond acceptors (Lipinski definition) is 3. The number of nitrogens with one attached hydrogen (secondary N) is 1. The van der Waals surface area contributed by atoms with Gasteiger partial charge in [-0.15, -0.1) is 0 Å². The van der Waals surface area contributed by atoms with Crippen molar-refractivity contribution in [1.29, 1.82) is 0 Å². The lowest BCUT2D eigenvalue weighted by Gasteiger charge is -2.19. The molecule has 0 spiro atoms. The van der Waals surface area contributed by atoms with Gasteiger partial charge in [-0.1, -0.05) is 11.6 Å². The predicted molar refractivity (Wildman–Crippen MR) is 120 cm³/mol. The Kier molecular flexibility index (Phi) is 5.90. The minimum absolute atomic E-state index is 0.152. The third-order valence-corrected chi connectivity index (χ3v) is 6.15. The quantitative estimate of drug-likeness (QED) is 0.579. The molecule has 2 unspecified atom stereocenters. The van der Waals surface area contributed by atoms with Crippen LogP contribution >= 0.6 is 11.6 Å². The second-order valence-corrected chi connectivity index (χ2v) is 8.48. The van der Waals surface area contributed by atoms with Crippen LogP contribution in [0.4, 0.5) is 4.39 Å². The zero-order valence-electron chi connectivity index (χ0n) is 16.7. The van der Waals surface area contributed by atoms with Crippen molar-refractivity contribution in [3.05, 3.63) is 92.1 Å². The lowest BCUT2D eigenvalue weighted by molar-refractivity contribution is 0.536. The van der Waals surface area contributed by atoms with Crippen LogP contribution in [-0.4, -0.2) is 19.0 Å². The van der Waals surface area contributed by atoms with Gasteiger partial charge in [0.05, 0.1) is 12.3 Å². The van der Waals surface area contributed by atoms with E-state index in [2.05, 4.69) is 4.72 Å². The van der Waals surface area contributed by atoms with E-state index in [4.69, 9.17) is 16.6 Å². The van der Waals surface area contributed by atoms with Gasteiger partial charge >= 0.3 is 0 Å². The summed E-state index contributed by atoms with van der Waals surface area (Å²) >= 11 is 4.35. The third-order valence-electron chi connectivity index (χ3n) is 5.27. The zero-order valence-corrected chi connectivity index (χ0v) is 18.3. The second-order valence-electron chi connectivity index (χ2n) is 7.34. The Morgan fingerprint density at radius 3 is 2.58 bits per heavy atom. The molecule has 0 aliphatic carbocycles. The molecule has 9 heteroatoms. The Bertz CT molecular complexity index is 1290. The van der Waals surface area contributed by atoms with Crippen LogP contribution in [0.15, 0.2) is 58.4 Å². The third kappa shape index (κ3) is 4.24. The lowest BCUT2D eigenvalue weighted by Crippen LogP contribution is -2.21. The average molecular weight is 460 g/mol. The van der Waals surface area contributed by atoms with Gasteiger partial charge in [-0.05, 0) is 60.0 Å². The number of pyridine rings is 1. The molecule has 1 aliphatic rings. The van der Waals surface area contributed by atoms with Crippen molar-refractivity contribution in [1.82, 2.24) is 9.29 Å². The van der Waals surface area contributed by atoms with Gasteiger partial charge in [-0.3, -0.25) is 14.3 Å². The Labute approximate surface area is 185 Å². The Balaban J connectivity index is 1.99. The molecule has 2 N–H and O–H groups in total. The van der Waals surface area contributed by atoms with E-state index in [9.17, 15) is 17.9 Å². The fraction of sp³-hybridized carbons (Fsp3) is 0.182. The minimum atomic E-state index is -2.21. The highest BCUT2D eigenvalue weighted by atomic mass is 35.5. The summed E-state index contributed by atoms with van der Waals surface area (Å²) in [6, 6.07) is 10.7. The van der Waals surface area contributed by atoms with E-state index < -0.39 is 17.3 Å². The van der Waals surface area contributed by atoms with Gasteiger partial charge in [0.2, 0.25) is 11.3 Å². The Morgan fingerprint density at radius 1 is 1.19 bits per heavy atom. The summed E-state index contributed by atoms with van der Waals surface area (Å²) in [6.07, 6.45) is 1.75. The van der Waals surface area contributed by atoms with E-state index in [1.165, 1.54) is 16.7 Å². The molecule has 6 nitrogen and oxygen atoms in total. The predicted octanol–water partition coefficient (Wildman–Crippen LogP) is 3.98. The first-order valence-corrected chi connectivity index (χ1v) is 10.9. The molecule has 0 fully saturated rings. The number of nitrogens with zero attached hydrogens (tertiary/aromatic N) is 2. The largest absolute Gasteiger partial charge is 0.318 e. The summed E-state index contributed by atoms with van der Waals surface area (Å²) in [5, 5.41) is 0.396. The van der Waals surface area contributed by atoms with Crippen LogP contribution in [0.1, 0.15) is 35.2 Å². The number of aryl methyl sites for hydroxylation is 1. The highest BCUT2D eigenvalue weighted by Crippen LogP contribution is 2.37. The molecule has 0 saturated heterocycles. The average Bonchev–Trinajstić information content (AvgIpc) is 2.85. The van der Waals surface area contributed by atoms with E-state index in [-0.39, 0.29) is 17.9 Å². The van der Waals surface area contributed by atoms with Crippen molar-refractivity contribution in [3.8, 4) is 11.1 Å². The molecule has 31 heavy (non-hydrogen) atoms. The first kappa shape index (κ1) is 21.6. The molecule has 3 aromatic rings. The second kappa shape index (κ2) is 8.47. The fourth-order valence-electron chi connectivity index (χ4n) is 3.70. The van der Waals surface area contributed by atoms with Gasteiger partial charge in [0.15, 0.2) is 0 Å². The normalized spacial score (nSPS) is 14.8. The van der Waals surface area contributed by atoms with Crippen molar-refractivity contribution in [2.45, 2.75) is 19.5 Å². The molecular weight excluding hydrogens is 441 g/mol. The maximum Gasteiger partial charge on any atom is 0.250 e. The molecule has 1 aliphatic heterocycles. The van der Waals surface area contributed by atoms with Crippen LogP contribution in [-0.2, 0) is 24.9 Å². The highest BCUT2D eigenvalue weighted by molar-refractivity contribution is 7.77. The summed E-state index contributed by atoms with van der Waals surface area (Å²) in [4.78, 5) is 17.0. The molecule has 2 heterocycles. The molecule has 4 rings (SSSR count). The lowest BCUT2D eigenvalue weighted by atomic mass is 9.90. The van der Waals surface area contributed by atoms with E-state index in [0.29, 0.717) is 21.9 Å². The molecule has 0 saturated carbocycles. The Hall–Kier alpha value is -2.65. The molecular formula is C22H19ClFN3O3S. The number of aliphatic imine (C=N–C) groups is 1. The number of hydrogen-bond donors (Lipinski definition) is 2. The maximum absolute atomic E-state index is 13.5. The standard InChI is InChI=1S/C22H19ClFN3O3S/c1-12(26-31(29)30)16-8-17-18(9-20(16)23)22(13-3-5-15(24)6-4-13)25-10-14-7-21(28)27(2)11-19(14)17/h3-9,11-12,26H,10H2,1-2H3,(H,29,30). The van der Waals surface area contributed by atoms with E-state index in [0.717, 1.165) is 22.3 Å². The van der Waals surface area contributed by atoms with Gasteiger partial charge < -0.3 is 4.57 Å². The molecule has 0 amide bonds. The first-order chi connectivity index (χ1) is 14.7. The van der Waals surface area contributed by atoms with E-state index in [1.807, 2.05) is 6.07 Å². The van der Waals surface area contributed by atoms with Crippen LogP contribution in [0.3, 0.4) is 0 Å². The summed E-state index contributed by atoms with van der Waals surface area (Å²) < 4.78 is 38.0. The van der Waals surface area contributed by atoms with Crippen molar-refractivity contribution in [2.75, 3.05) is 0 Å². The number of halogens is 2. The number of rotatable bonds is 4.